The number of hydrogen-bond donors (Lipinski definition) is 1. The van der Waals surface area contributed by atoms with Crippen LogP contribution in [0.3, 0.4) is 0 Å². The minimum Gasteiger partial charge on any atom is -0.352 e. The lowest BCUT2D eigenvalue weighted by molar-refractivity contribution is -0.132. The molecule has 1 saturated heterocycles. The first kappa shape index (κ1) is 21.3. The summed E-state index contributed by atoms with van der Waals surface area (Å²) in [6.45, 7) is 1.37. The van der Waals surface area contributed by atoms with Crippen molar-refractivity contribution in [2.45, 2.75) is 11.3 Å². The smallest absolute Gasteiger partial charge is 0.251 e. The third kappa shape index (κ3) is 5.35. The minimum absolute atomic E-state index is 0.113. The summed E-state index contributed by atoms with van der Waals surface area (Å²) in [6, 6.07) is 14.8. The van der Waals surface area contributed by atoms with Crippen LogP contribution in [0.1, 0.15) is 16.8 Å². The highest BCUT2D eigenvalue weighted by Crippen LogP contribution is 2.17. The highest BCUT2D eigenvalue weighted by Gasteiger charge is 2.29. The highest BCUT2D eigenvalue weighted by molar-refractivity contribution is 7.89. The molecule has 1 N–H and O–H groups in total. The molecule has 3 rings (SSSR count). The van der Waals surface area contributed by atoms with Crippen molar-refractivity contribution >= 4 is 33.4 Å². The largest absolute Gasteiger partial charge is 0.352 e. The van der Waals surface area contributed by atoms with Crippen LogP contribution in [0.15, 0.2) is 59.5 Å². The molecule has 1 heterocycles. The van der Waals surface area contributed by atoms with Gasteiger partial charge in [0.2, 0.25) is 15.9 Å². The van der Waals surface area contributed by atoms with Crippen molar-refractivity contribution < 1.29 is 18.0 Å². The van der Waals surface area contributed by atoms with Gasteiger partial charge in [-0.2, -0.15) is 4.31 Å². The van der Waals surface area contributed by atoms with Crippen LogP contribution in [0.5, 0.6) is 0 Å². The lowest BCUT2D eigenvalue weighted by atomic mass is 10.2. The van der Waals surface area contributed by atoms with Crippen LogP contribution in [0.2, 0.25) is 5.02 Å². The van der Waals surface area contributed by atoms with Gasteiger partial charge in [-0.1, -0.05) is 29.8 Å². The van der Waals surface area contributed by atoms with Crippen molar-refractivity contribution in [3.8, 4) is 0 Å². The third-order valence-corrected chi connectivity index (χ3v) is 6.87. The predicted octanol–water partition coefficient (Wildman–Crippen LogP) is 1.99. The van der Waals surface area contributed by atoms with Crippen molar-refractivity contribution in [2.24, 2.45) is 0 Å². The molecule has 0 bridgehead atoms. The number of halogens is 1. The van der Waals surface area contributed by atoms with Crippen molar-refractivity contribution in [3.05, 3.63) is 65.2 Å². The van der Waals surface area contributed by atoms with Gasteiger partial charge in [0.1, 0.15) is 0 Å². The SMILES string of the molecule is O=C(NCCC(=O)N1CCN(S(=O)(=O)c2ccccc2)CC1)c1ccc(Cl)cc1. The molecule has 0 radical (unpaired) electrons. The number of hydrogen-bond acceptors (Lipinski definition) is 4. The zero-order valence-corrected chi connectivity index (χ0v) is 17.3. The van der Waals surface area contributed by atoms with Gasteiger partial charge in [0.15, 0.2) is 0 Å². The maximum atomic E-state index is 12.6. The van der Waals surface area contributed by atoms with Crippen LogP contribution in [0.25, 0.3) is 0 Å². The first-order valence-corrected chi connectivity index (χ1v) is 11.1. The molecule has 0 unspecified atom stereocenters. The van der Waals surface area contributed by atoms with Crippen LogP contribution in [-0.2, 0) is 14.8 Å². The Morgan fingerprint density at radius 2 is 1.55 bits per heavy atom. The Hall–Kier alpha value is -2.42. The van der Waals surface area contributed by atoms with Crippen molar-refractivity contribution in [2.75, 3.05) is 32.7 Å². The number of nitrogens with one attached hydrogen (secondary N) is 1. The van der Waals surface area contributed by atoms with Gasteiger partial charge in [0.25, 0.3) is 5.91 Å². The number of benzene rings is 2. The molecule has 1 fully saturated rings. The van der Waals surface area contributed by atoms with Gasteiger partial charge in [-0.25, -0.2) is 8.42 Å². The summed E-state index contributed by atoms with van der Waals surface area (Å²) in [4.78, 5) is 26.3. The number of carbonyl (C=O) groups excluding carboxylic acids is 2. The molecular weight excluding hydrogens is 414 g/mol. The number of nitrogens with zero attached hydrogens (tertiary/aromatic N) is 2. The molecular formula is C20H22ClN3O4S. The molecule has 2 aromatic rings. The lowest BCUT2D eigenvalue weighted by Gasteiger charge is -2.34. The predicted molar refractivity (Wildman–Crippen MR) is 110 cm³/mol. The van der Waals surface area contributed by atoms with Gasteiger partial charge in [-0.3, -0.25) is 9.59 Å². The van der Waals surface area contributed by atoms with Crippen LogP contribution in [-0.4, -0.2) is 62.2 Å². The van der Waals surface area contributed by atoms with Crippen molar-refractivity contribution in [1.82, 2.24) is 14.5 Å². The lowest BCUT2D eigenvalue weighted by Crippen LogP contribution is -2.50. The van der Waals surface area contributed by atoms with E-state index in [-0.39, 0.29) is 42.8 Å². The van der Waals surface area contributed by atoms with E-state index in [0.29, 0.717) is 23.7 Å². The van der Waals surface area contributed by atoms with E-state index in [1.54, 1.807) is 59.5 Å². The van der Waals surface area contributed by atoms with E-state index in [2.05, 4.69) is 5.32 Å². The number of rotatable bonds is 6. The molecule has 2 aromatic carbocycles. The van der Waals surface area contributed by atoms with Gasteiger partial charge < -0.3 is 10.2 Å². The van der Waals surface area contributed by atoms with Crippen molar-refractivity contribution in [1.29, 1.82) is 0 Å². The Kier molecular flexibility index (Phi) is 6.89. The molecule has 9 heteroatoms. The molecule has 29 heavy (non-hydrogen) atoms. The molecule has 7 nitrogen and oxygen atoms in total. The summed E-state index contributed by atoms with van der Waals surface area (Å²) in [7, 11) is -3.54. The van der Waals surface area contributed by atoms with E-state index in [1.807, 2.05) is 0 Å². The fraction of sp³-hybridized carbons (Fsp3) is 0.300. The highest BCUT2D eigenvalue weighted by atomic mass is 35.5. The molecule has 0 aliphatic carbocycles. The van der Waals surface area contributed by atoms with Gasteiger partial charge in [-0.05, 0) is 36.4 Å². The first-order valence-electron chi connectivity index (χ1n) is 9.24. The van der Waals surface area contributed by atoms with E-state index < -0.39 is 10.0 Å². The van der Waals surface area contributed by atoms with E-state index in [9.17, 15) is 18.0 Å². The van der Waals surface area contributed by atoms with E-state index >= 15 is 0 Å². The number of piperazine rings is 1. The number of carbonyl (C=O) groups is 2. The quantitative estimate of drug-likeness (QED) is 0.751. The summed E-state index contributed by atoms with van der Waals surface area (Å²) in [5.41, 5.74) is 0.474. The van der Waals surface area contributed by atoms with Gasteiger partial charge in [-0.15, -0.1) is 0 Å². The standard InChI is InChI=1S/C20H22ClN3O4S/c21-17-8-6-16(7-9-17)20(26)22-11-10-19(25)23-12-14-24(15-13-23)29(27,28)18-4-2-1-3-5-18/h1-9H,10-15H2,(H,22,26). The van der Waals surface area contributed by atoms with E-state index in [4.69, 9.17) is 11.6 Å². The molecule has 2 amide bonds. The van der Waals surface area contributed by atoms with Crippen LogP contribution >= 0.6 is 11.6 Å². The Balaban J connectivity index is 1.45. The maximum absolute atomic E-state index is 12.6. The topological polar surface area (TPSA) is 86.8 Å². The summed E-state index contributed by atoms with van der Waals surface area (Å²) >= 11 is 5.80. The second-order valence-electron chi connectivity index (χ2n) is 6.61. The zero-order valence-electron chi connectivity index (χ0n) is 15.8. The summed E-state index contributed by atoms with van der Waals surface area (Å²) in [5, 5.41) is 3.25. The summed E-state index contributed by atoms with van der Waals surface area (Å²) < 4.78 is 26.7. The number of amides is 2. The Bertz CT molecular complexity index is 957. The summed E-state index contributed by atoms with van der Waals surface area (Å²) in [6.07, 6.45) is 0.158. The molecule has 0 aromatic heterocycles. The average Bonchev–Trinajstić information content (AvgIpc) is 2.74. The van der Waals surface area contributed by atoms with Gasteiger partial charge in [0, 0.05) is 49.7 Å². The second kappa shape index (κ2) is 9.39. The summed E-state index contributed by atoms with van der Waals surface area (Å²) in [5.74, 6) is -0.383. The van der Waals surface area contributed by atoms with Gasteiger partial charge in [0.05, 0.1) is 4.90 Å². The third-order valence-electron chi connectivity index (χ3n) is 4.70. The molecule has 0 spiro atoms. The van der Waals surface area contributed by atoms with Crippen molar-refractivity contribution in [3.63, 3.8) is 0 Å². The number of sulfonamides is 1. The average molecular weight is 436 g/mol. The van der Waals surface area contributed by atoms with E-state index in [1.165, 1.54) is 4.31 Å². The molecule has 1 aliphatic rings. The Morgan fingerprint density at radius 1 is 0.931 bits per heavy atom. The normalized spacial score (nSPS) is 15.1. The van der Waals surface area contributed by atoms with Crippen LogP contribution in [0, 0.1) is 0 Å². The fourth-order valence-corrected chi connectivity index (χ4v) is 4.63. The first-order chi connectivity index (χ1) is 13.9. The Morgan fingerprint density at radius 3 is 2.17 bits per heavy atom. The Labute approximate surface area is 175 Å². The van der Waals surface area contributed by atoms with Crippen LogP contribution in [0.4, 0.5) is 0 Å². The molecule has 0 atom stereocenters. The monoisotopic (exact) mass is 435 g/mol. The molecule has 154 valence electrons. The molecule has 1 aliphatic heterocycles. The minimum atomic E-state index is -3.54. The fourth-order valence-electron chi connectivity index (χ4n) is 3.06. The molecule has 0 saturated carbocycles. The van der Waals surface area contributed by atoms with Gasteiger partial charge >= 0.3 is 0 Å². The van der Waals surface area contributed by atoms with Crippen LogP contribution < -0.4 is 5.32 Å². The maximum Gasteiger partial charge on any atom is 0.251 e. The second-order valence-corrected chi connectivity index (χ2v) is 8.99. The zero-order chi connectivity index (χ0) is 20.9. The van der Waals surface area contributed by atoms with E-state index in [0.717, 1.165) is 0 Å².